The summed E-state index contributed by atoms with van der Waals surface area (Å²) < 4.78 is 9.19. The summed E-state index contributed by atoms with van der Waals surface area (Å²) in [5.74, 6) is 0. The molecule has 0 aromatic rings. The third kappa shape index (κ3) is 5.76. The van der Waals surface area contributed by atoms with E-state index in [0.29, 0.717) is 6.61 Å². The molecule has 0 aliphatic rings. The Morgan fingerprint density at radius 1 is 1.56 bits per heavy atom. The zero-order valence-electron chi connectivity index (χ0n) is 5.96. The molecule has 1 unspecified atom stereocenters. The number of methoxy groups -OCH3 is 1. The highest BCUT2D eigenvalue weighted by Gasteiger charge is 1.97. The van der Waals surface area contributed by atoms with Gasteiger partial charge in [0, 0.05) is 7.11 Å². The summed E-state index contributed by atoms with van der Waals surface area (Å²) in [5.41, 5.74) is 0. The number of aliphatic hydroxyl groups is 1. The lowest BCUT2D eigenvalue weighted by Crippen LogP contribution is -2.14. The summed E-state index contributed by atoms with van der Waals surface area (Å²) in [7, 11) is 1.40. The van der Waals surface area contributed by atoms with E-state index >= 15 is 0 Å². The van der Waals surface area contributed by atoms with Crippen LogP contribution in [0.1, 0.15) is 19.8 Å². The zero-order chi connectivity index (χ0) is 7.11. The minimum atomic E-state index is -1.04. The predicted molar refractivity (Wildman–Crippen MR) is 33.9 cm³/mol. The van der Waals surface area contributed by atoms with Crippen LogP contribution >= 0.6 is 0 Å². The average Bonchev–Trinajstić information content (AvgIpc) is 1.89. The third-order valence-electron chi connectivity index (χ3n) is 0.960. The first kappa shape index (κ1) is 8.88. The van der Waals surface area contributed by atoms with Crippen LogP contribution < -0.4 is 0 Å². The van der Waals surface area contributed by atoms with Gasteiger partial charge >= 0.3 is 0 Å². The fourth-order valence-electron chi connectivity index (χ4n) is 0.397. The number of hydrogen-bond donors (Lipinski definition) is 1. The zero-order valence-corrected chi connectivity index (χ0v) is 5.96. The van der Waals surface area contributed by atoms with Crippen molar-refractivity contribution in [2.45, 2.75) is 26.2 Å². The molecule has 3 heteroatoms. The lowest BCUT2D eigenvalue weighted by atomic mass is 10.4. The molecular formula is C6H14O3. The maximum absolute atomic E-state index is 8.64. The number of hydrogen-bond acceptors (Lipinski definition) is 3. The van der Waals surface area contributed by atoms with E-state index in [1.807, 2.05) is 0 Å². The highest BCUT2D eigenvalue weighted by atomic mass is 16.8. The Labute approximate surface area is 55.6 Å². The molecule has 0 fully saturated rings. The number of unbranched alkanes of at least 4 members (excludes halogenated alkanes) is 1. The second kappa shape index (κ2) is 6.01. The van der Waals surface area contributed by atoms with Crippen molar-refractivity contribution in [2.75, 3.05) is 13.7 Å². The first-order chi connectivity index (χ1) is 4.31. The van der Waals surface area contributed by atoms with Crippen molar-refractivity contribution >= 4 is 0 Å². The Morgan fingerprint density at radius 3 is 2.67 bits per heavy atom. The van der Waals surface area contributed by atoms with Crippen molar-refractivity contribution in [3.8, 4) is 0 Å². The van der Waals surface area contributed by atoms with Gasteiger partial charge in [0.1, 0.15) is 0 Å². The van der Waals surface area contributed by atoms with Crippen LogP contribution in [0.3, 0.4) is 0 Å². The van der Waals surface area contributed by atoms with Gasteiger partial charge in [-0.1, -0.05) is 13.3 Å². The Balaban J connectivity index is 2.88. The summed E-state index contributed by atoms with van der Waals surface area (Å²) >= 11 is 0. The molecule has 1 N–H and O–H groups in total. The SMILES string of the molecule is CCCCOC(O)OC. The number of ether oxygens (including phenoxy) is 2. The van der Waals surface area contributed by atoms with Crippen LogP contribution in [0.4, 0.5) is 0 Å². The fourth-order valence-corrected chi connectivity index (χ4v) is 0.397. The maximum atomic E-state index is 8.64. The van der Waals surface area contributed by atoms with Crippen LogP contribution in [-0.4, -0.2) is 25.3 Å². The maximum Gasteiger partial charge on any atom is 0.268 e. The standard InChI is InChI=1S/C6H14O3/c1-3-4-5-9-6(7)8-2/h6-7H,3-5H2,1-2H3. The van der Waals surface area contributed by atoms with Gasteiger partial charge in [0.05, 0.1) is 6.61 Å². The molecule has 0 rings (SSSR count). The Hall–Kier alpha value is -0.120. The summed E-state index contributed by atoms with van der Waals surface area (Å²) in [5, 5.41) is 8.64. The molecule has 3 nitrogen and oxygen atoms in total. The monoisotopic (exact) mass is 134 g/mol. The number of rotatable bonds is 5. The van der Waals surface area contributed by atoms with Gasteiger partial charge in [-0.15, -0.1) is 0 Å². The molecule has 0 bridgehead atoms. The van der Waals surface area contributed by atoms with Crippen molar-refractivity contribution in [1.82, 2.24) is 0 Å². The minimum Gasteiger partial charge on any atom is -0.346 e. The van der Waals surface area contributed by atoms with E-state index < -0.39 is 6.48 Å². The summed E-state index contributed by atoms with van der Waals surface area (Å²) in [6, 6.07) is 0. The lowest BCUT2D eigenvalue weighted by Gasteiger charge is -2.07. The second-order valence-electron chi connectivity index (χ2n) is 1.77. The van der Waals surface area contributed by atoms with Crippen molar-refractivity contribution in [3.05, 3.63) is 0 Å². The molecule has 0 radical (unpaired) electrons. The van der Waals surface area contributed by atoms with Gasteiger partial charge in [0.25, 0.3) is 6.48 Å². The molecule has 9 heavy (non-hydrogen) atoms. The van der Waals surface area contributed by atoms with Crippen LogP contribution in [0.2, 0.25) is 0 Å². The van der Waals surface area contributed by atoms with Gasteiger partial charge in [0.2, 0.25) is 0 Å². The normalized spacial score (nSPS) is 13.7. The van der Waals surface area contributed by atoms with E-state index in [1.54, 1.807) is 0 Å². The van der Waals surface area contributed by atoms with E-state index in [2.05, 4.69) is 11.7 Å². The van der Waals surface area contributed by atoms with Crippen LogP contribution in [-0.2, 0) is 9.47 Å². The average molecular weight is 134 g/mol. The third-order valence-corrected chi connectivity index (χ3v) is 0.960. The van der Waals surface area contributed by atoms with Crippen LogP contribution in [0.15, 0.2) is 0 Å². The summed E-state index contributed by atoms with van der Waals surface area (Å²) in [6.07, 6.45) is 2.02. The largest absolute Gasteiger partial charge is 0.346 e. The first-order valence-corrected chi connectivity index (χ1v) is 3.13. The molecule has 0 aromatic heterocycles. The van der Waals surface area contributed by atoms with Crippen molar-refractivity contribution in [2.24, 2.45) is 0 Å². The Morgan fingerprint density at radius 2 is 2.22 bits per heavy atom. The topological polar surface area (TPSA) is 38.7 Å². The molecule has 0 spiro atoms. The Bertz CT molecular complexity index is 56.3. The van der Waals surface area contributed by atoms with Gasteiger partial charge in [-0.25, -0.2) is 0 Å². The van der Waals surface area contributed by atoms with E-state index in [0.717, 1.165) is 12.8 Å². The highest BCUT2D eigenvalue weighted by molar-refractivity contribution is 4.29. The molecule has 56 valence electrons. The molecule has 0 heterocycles. The van der Waals surface area contributed by atoms with Crippen molar-refractivity contribution < 1.29 is 14.6 Å². The molecule has 0 aliphatic heterocycles. The summed E-state index contributed by atoms with van der Waals surface area (Å²) in [4.78, 5) is 0. The van der Waals surface area contributed by atoms with Gasteiger partial charge in [-0.2, -0.15) is 0 Å². The van der Waals surface area contributed by atoms with E-state index in [-0.39, 0.29) is 0 Å². The highest BCUT2D eigenvalue weighted by Crippen LogP contribution is 1.91. The van der Waals surface area contributed by atoms with Gasteiger partial charge < -0.3 is 14.6 Å². The molecule has 1 atom stereocenters. The van der Waals surface area contributed by atoms with E-state index in [9.17, 15) is 0 Å². The fraction of sp³-hybridized carbons (Fsp3) is 1.00. The van der Waals surface area contributed by atoms with Crippen molar-refractivity contribution in [1.29, 1.82) is 0 Å². The molecule has 0 amide bonds. The molecule has 0 aliphatic carbocycles. The van der Waals surface area contributed by atoms with Gasteiger partial charge in [0.15, 0.2) is 0 Å². The Kier molecular flexibility index (Phi) is 5.93. The lowest BCUT2D eigenvalue weighted by molar-refractivity contribution is -0.250. The van der Waals surface area contributed by atoms with Crippen LogP contribution in [0.25, 0.3) is 0 Å². The quantitative estimate of drug-likeness (QED) is 0.445. The second-order valence-corrected chi connectivity index (χ2v) is 1.77. The van der Waals surface area contributed by atoms with E-state index in [1.165, 1.54) is 7.11 Å². The molecule has 0 saturated carbocycles. The minimum absolute atomic E-state index is 0.561. The van der Waals surface area contributed by atoms with Gasteiger partial charge in [-0.05, 0) is 6.42 Å². The summed E-state index contributed by atoms with van der Waals surface area (Å²) in [6.45, 7) is 1.57. The first-order valence-electron chi connectivity index (χ1n) is 3.13. The number of aliphatic hydroxyl groups excluding tert-OH is 1. The van der Waals surface area contributed by atoms with Gasteiger partial charge in [-0.3, -0.25) is 0 Å². The molecular weight excluding hydrogens is 120 g/mol. The van der Waals surface area contributed by atoms with Crippen LogP contribution in [0.5, 0.6) is 0 Å². The van der Waals surface area contributed by atoms with Crippen LogP contribution in [0, 0.1) is 0 Å². The smallest absolute Gasteiger partial charge is 0.268 e. The molecule has 0 aromatic carbocycles. The predicted octanol–water partition coefficient (Wildman–Crippen LogP) is 0.725. The van der Waals surface area contributed by atoms with Crippen molar-refractivity contribution in [3.63, 3.8) is 0 Å². The van der Waals surface area contributed by atoms with E-state index in [4.69, 9.17) is 9.84 Å². The molecule has 0 saturated heterocycles.